The number of nitrogens with zero attached hydrogens (tertiary/aromatic N) is 1. The van der Waals surface area contributed by atoms with Crippen LogP contribution in [0.3, 0.4) is 0 Å². The van der Waals surface area contributed by atoms with Crippen LogP contribution in [0.4, 0.5) is 5.69 Å². The monoisotopic (exact) mass is 253 g/mol. The molecule has 0 aliphatic carbocycles. The maximum absolute atomic E-state index is 12.6. The number of rotatable bonds is 3. The smallest absolute Gasteiger partial charge is 0.258 e. The molecule has 98 valence electrons. The number of hydrogen-bond acceptors (Lipinski definition) is 1. The zero-order chi connectivity index (χ0) is 13.8. The molecule has 0 unspecified atom stereocenters. The van der Waals surface area contributed by atoms with E-state index in [1.807, 2.05) is 62.5 Å². The lowest BCUT2D eigenvalue weighted by atomic mass is 10.0. The van der Waals surface area contributed by atoms with Crippen LogP contribution >= 0.6 is 0 Å². The summed E-state index contributed by atoms with van der Waals surface area (Å²) in [6.07, 6.45) is 0.865. The Hall–Kier alpha value is -2.09. The third-order valence-electron chi connectivity index (χ3n) is 3.32. The first-order valence-corrected chi connectivity index (χ1v) is 6.56. The first-order chi connectivity index (χ1) is 9.13. The Kier molecular flexibility index (Phi) is 4.00. The summed E-state index contributed by atoms with van der Waals surface area (Å²) in [5.41, 5.74) is 3.96. The predicted octanol–water partition coefficient (Wildman–Crippen LogP) is 3.83. The van der Waals surface area contributed by atoms with Gasteiger partial charge in [0.15, 0.2) is 0 Å². The molecule has 19 heavy (non-hydrogen) atoms. The van der Waals surface area contributed by atoms with Gasteiger partial charge in [0.1, 0.15) is 0 Å². The minimum absolute atomic E-state index is 0.0445. The molecule has 2 nitrogen and oxygen atoms in total. The Morgan fingerprint density at radius 3 is 2.53 bits per heavy atom. The van der Waals surface area contributed by atoms with Crippen LogP contribution in [0.25, 0.3) is 0 Å². The van der Waals surface area contributed by atoms with Crippen LogP contribution < -0.4 is 4.90 Å². The minimum atomic E-state index is 0.0445. The summed E-state index contributed by atoms with van der Waals surface area (Å²) in [6, 6.07) is 15.8. The Bertz CT molecular complexity index is 589. The van der Waals surface area contributed by atoms with E-state index >= 15 is 0 Å². The largest absolute Gasteiger partial charge is 0.311 e. The van der Waals surface area contributed by atoms with Gasteiger partial charge in [-0.1, -0.05) is 37.3 Å². The molecule has 0 N–H and O–H groups in total. The lowest BCUT2D eigenvalue weighted by Crippen LogP contribution is -2.27. The Morgan fingerprint density at radius 1 is 1.11 bits per heavy atom. The number of anilines is 1. The molecule has 0 aliphatic heterocycles. The van der Waals surface area contributed by atoms with Gasteiger partial charge in [0.25, 0.3) is 5.91 Å². The second-order valence-electron chi connectivity index (χ2n) is 4.71. The Morgan fingerprint density at radius 2 is 1.84 bits per heavy atom. The molecule has 0 atom stereocenters. The highest BCUT2D eigenvalue weighted by atomic mass is 16.2. The zero-order valence-corrected chi connectivity index (χ0v) is 11.7. The number of amides is 1. The number of carbonyl (C=O) groups excluding carboxylic acids is 1. The fourth-order valence-electron chi connectivity index (χ4n) is 2.17. The van der Waals surface area contributed by atoms with Gasteiger partial charge in [-0.3, -0.25) is 4.79 Å². The van der Waals surface area contributed by atoms with Crippen LogP contribution in [0, 0.1) is 6.92 Å². The van der Waals surface area contributed by atoms with Crippen LogP contribution in [0.2, 0.25) is 0 Å². The first kappa shape index (κ1) is 13.3. The quantitative estimate of drug-likeness (QED) is 0.814. The second-order valence-corrected chi connectivity index (χ2v) is 4.71. The summed E-state index contributed by atoms with van der Waals surface area (Å²) in [7, 11) is 1.82. The molecule has 2 aromatic carbocycles. The standard InChI is InChI=1S/C17H19NO/c1-4-14-9-5-6-11-16(14)17(19)18(3)15-10-7-8-13(2)12-15/h5-12H,4H2,1-3H3. The van der Waals surface area contributed by atoms with Gasteiger partial charge in [-0.05, 0) is 42.7 Å². The SMILES string of the molecule is CCc1ccccc1C(=O)N(C)c1cccc(C)c1. The molecule has 0 aliphatic rings. The van der Waals surface area contributed by atoms with Gasteiger partial charge in [-0.15, -0.1) is 0 Å². The Labute approximate surface area is 114 Å². The van der Waals surface area contributed by atoms with E-state index in [2.05, 4.69) is 6.92 Å². The van der Waals surface area contributed by atoms with Gasteiger partial charge in [0.05, 0.1) is 0 Å². The third kappa shape index (κ3) is 2.84. The van der Waals surface area contributed by atoms with Crippen LogP contribution in [0.5, 0.6) is 0 Å². The highest BCUT2D eigenvalue weighted by Crippen LogP contribution is 2.19. The molecule has 2 rings (SSSR count). The molecular weight excluding hydrogens is 234 g/mol. The van der Waals surface area contributed by atoms with Gasteiger partial charge in [-0.25, -0.2) is 0 Å². The number of hydrogen-bond donors (Lipinski definition) is 0. The van der Waals surface area contributed by atoms with Gasteiger partial charge >= 0.3 is 0 Å². The maximum Gasteiger partial charge on any atom is 0.258 e. The first-order valence-electron chi connectivity index (χ1n) is 6.56. The van der Waals surface area contributed by atoms with Crippen molar-refractivity contribution in [3.05, 3.63) is 65.2 Å². The average molecular weight is 253 g/mol. The normalized spacial score (nSPS) is 10.3. The summed E-state index contributed by atoms with van der Waals surface area (Å²) in [5, 5.41) is 0. The average Bonchev–Trinajstić information content (AvgIpc) is 2.45. The van der Waals surface area contributed by atoms with Gasteiger partial charge < -0.3 is 4.90 Å². The topological polar surface area (TPSA) is 20.3 Å². The molecule has 1 amide bonds. The van der Waals surface area contributed by atoms with E-state index in [1.165, 1.54) is 0 Å². The van der Waals surface area contributed by atoms with Crippen molar-refractivity contribution >= 4 is 11.6 Å². The van der Waals surface area contributed by atoms with Crippen LogP contribution in [-0.4, -0.2) is 13.0 Å². The van der Waals surface area contributed by atoms with E-state index in [0.717, 1.165) is 28.8 Å². The fraction of sp³-hybridized carbons (Fsp3) is 0.235. The van der Waals surface area contributed by atoms with E-state index < -0.39 is 0 Å². The van der Waals surface area contributed by atoms with Gasteiger partial charge in [0, 0.05) is 18.3 Å². The van der Waals surface area contributed by atoms with Crippen molar-refractivity contribution < 1.29 is 4.79 Å². The maximum atomic E-state index is 12.6. The zero-order valence-electron chi connectivity index (χ0n) is 11.7. The van der Waals surface area contributed by atoms with Gasteiger partial charge in [0.2, 0.25) is 0 Å². The summed E-state index contributed by atoms with van der Waals surface area (Å²) in [5.74, 6) is 0.0445. The molecule has 2 heteroatoms. The minimum Gasteiger partial charge on any atom is -0.311 e. The Balaban J connectivity index is 2.33. The van der Waals surface area contributed by atoms with Crippen molar-refractivity contribution in [2.45, 2.75) is 20.3 Å². The highest BCUT2D eigenvalue weighted by molar-refractivity contribution is 6.06. The van der Waals surface area contributed by atoms with Crippen LogP contribution in [0.1, 0.15) is 28.4 Å². The second kappa shape index (κ2) is 5.70. The molecule has 0 spiro atoms. The molecule has 0 aromatic heterocycles. The van der Waals surface area contributed by atoms with Crippen molar-refractivity contribution in [2.75, 3.05) is 11.9 Å². The third-order valence-corrected chi connectivity index (χ3v) is 3.32. The van der Waals surface area contributed by atoms with Crippen molar-refractivity contribution in [3.8, 4) is 0 Å². The summed E-state index contributed by atoms with van der Waals surface area (Å²) >= 11 is 0. The molecule has 0 saturated heterocycles. The molecule has 0 radical (unpaired) electrons. The number of aryl methyl sites for hydroxylation is 2. The molecule has 0 fully saturated rings. The van der Waals surface area contributed by atoms with Crippen molar-refractivity contribution in [1.29, 1.82) is 0 Å². The van der Waals surface area contributed by atoms with Crippen molar-refractivity contribution in [3.63, 3.8) is 0 Å². The molecular formula is C17H19NO. The van der Waals surface area contributed by atoms with Crippen LogP contribution in [0.15, 0.2) is 48.5 Å². The van der Waals surface area contributed by atoms with E-state index in [-0.39, 0.29) is 5.91 Å². The van der Waals surface area contributed by atoms with Crippen LogP contribution in [-0.2, 0) is 6.42 Å². The van der Waals surface area contributed by atoms with Crippen molar-refractivity contribution in [1.82, 2.24) is 0 Å². The summed E-state index contributed by atoms with van der Waals surface area (Å²) in [4.78, 5) is 14.3. The highest BCUT2D eigenvalue weighted by Gasteiger charge is 2.15. The molecule has 0 saturated carbocycles. The van der Waals surface area contributed by atoms with E-state index in [1.54, 1.807) is 4.90 Å². The van der Waals surface area contributed by atoms with E-state index in [0.29, 0.717) is 0 Å². The summed E-state index contributed by atoms with van der Waals surface area (Å²) in [6.45, 7) is 4.10. The number of benzene rings is 2. The van der Waals surface area contributed by atoms with E-state index in [4.69, 9.17) is 0 Å². The number of carbonyl (C=O) groups is 1. The lowest BCUT2D eigenvalue weighted by molar-refractivity contribution is 0.0992. The lowest BCUT2D eigenvalue weighted by Gasteiger charge is -2.19. The van der Waals surface area contributed by atoms with Crippen molar-refractivity contribution in [2.24, 2.45) is 0 Å². The van der Waals surface area contributed by atoms with E-state index in [9.17, 15) is 4.79 Å². The summed E-state index contributed by atoms with van der Waals surface area (Å²) < 4.78 is 0. The fourth-order valence-corrected chi connectivity index (χ4v) is 2.17. The molecule has 0 heterocycles. The molecule has 2 aromatic rings. The predicted molar refractivity (Wildman–Crippen MR) is 79.7 cm³/mol. The molecule has 0 bridgehead atoms. The van der Waals surface area contributed by atoms with Gasteiger partial charge in [-0.2, -0.15) is 0 Å².